The first kappa shape index (κ1) is 28.4. The third kappa shape index (κ3) is 7.00. The number of likely N-dealkylation sites (N-methyl/N-ethyl adjacent to an activating group) is 1. The molecule has 0 aliphatic heterocycles. The van der Waals surface area contributed by atoms with Gasteiger partial charge in [0.25, 0.3) is 10.0 Å². The van der Waals surface area contributed by atoms with Gasteiger partial charge in [-0.3, -0.25) is 13.9 Å². The first-order chi connectivity index (χ1) is 17.5. The van der Waals surface area contributed by atoms with E-state index in [4.69, 9.17) is 23.2 Å². The van der Waals surface area contributed by atoms with Crippen molar-refractivity contribution >= 4 is 50.7 Å². The quantitative estimate of drug-likeness (QED) is 0.379. The van der Waals surface area contributed by atoms with Crippen LogP contribution in [0, 0.1) is 5.82 Å². The number of hydrogen-bond donors (Lipinski definition) is 1. The summed E-state index contributed by atoms with van der Waals surface area (Å²) in [7, 11) is -4.26. The van der Waals surface area contributed by atoms with Gasteiger partial charge in [-0.15, -0.1) is 0 Å². The van der Waals surface area contributed by atoms with Gasteiger partial charge in [-0.05, 0) is 67.9 Å². The van der Waals surface area contributed by atoms with Crippen LogP contribution in [-0.2, 0) is 26.2 Å². The fourth-order valence-electron chi connectivity index (χ4n) is 3.60. The highest BCUT2D eigenvalue weighted by molar-refractivity contribution is 7.92. The van der Waals surface area contributed by atoms with E-state index < -0.39 is 40.2 Å². The van der Waals surface area contributed by atoms with Crippen molar-refractivity contribution < 1.29 is 22.4 Å². The monoisotopic (exact) mass is 565 g/mol. The molecule has 7 nitrogen and oxygen atoms in total. The molecule has 3 rings (SSSR count). The van der Waals surface area contributed by atoms with E-state index in [1.54, 1.807) is 62.4 Å². The molecule has 0 bridgehead atoms. The molecule has 0 saturated heterocycles. The van der Waals surface area contributed by atoms with Crippen molar-refractivity contribution in [2.24, 2.45) is 0 Å². The molecule has 0 heterocycles. The van der Waals surface area contributed by atoms with Crippen molar-refractivity contribution in [3.8, 4) is 0 Å². The summed E-state index contributed by atoms with van der Waals surface area (Å²) >= 11 is 12.2. The number of para-hydroxylation sites is 1. The smallest absolute Gasteiger partial charge is 0.264 e. The van der Waals surface area contributed by atoms with Gasteiger partial charge in [0.15, 0.2) is 0 Å². The highest BCUT2D eigenvalue weighted by Gasteiger charge is 2.32. The summed E-state index contributed by atoms with van der Waals surface area (Å²) in [5, 5.41) is 3.30. The van der Waals surface area contributed by atoms with Crippen LogP contribution in [0.2, 0.25) is 10.0 Å². The number of halogens is 3. The van der Waals surface area contributed by atoms with Crippen LogP contribution >= 0.6 is 23.2 Å². The van der Waals surface area contributed by atoms with Crippen molar-refractivity contribution in [3.63, 3.8) is 0 Å². The Bertz CT molecular complexity index is 1360. The number of benzene rings is 3. The van der Waals surface area contributed by atoms with Crippen molar-refractivity contribution in [1.29, 1.82) is 0 Å². The van der Waals surface area contributed by atoms with Gasteiger partial charge in [0, 0.05) is 13.1 Å². The molecule has 3 aromatic rings. The molecule has 0 fully saturated rings. The highest BCUT2D eigenvalue weighted by Crippen LogP contribution is 2.26. The number of amides is 2. The number of carbonyl (C=O) groups is 2. The van der Waals surface area contributed by atoms with Crippen LogP contribution in [0.4, 0.5) is 10.1 Å². The fourth-order valence-corrected chi connectivity index (χ4v) is 5.33. The number of nitrogens with one attached hydrogen (secondary N) is 1. The molecule has 0 aliphatic rings. The molecule has 0 spiro atoms. The summed E-state index contributed by atoms with van der Waals surface area (Å²) in [6.07, 6.45) is 0. The number of rotatable bonds is 10. The van der Waals surface area contributed by atoms with Crippen LogP contribution in [-0.4, -0.2) is 44.3 Å². The first-order valence-electron chi connectivity index (χ1n) is 11.4. The zero-order valence-electron chi connectivity index (χ0n) is 20.2. The summed E-state index contributed by atoms with van der Waals surface area (Å²) < 4.78 is 41.6. The lowest BCUT2D eigenvalue weighted by atomic mass is 10.1. The van der Waals surface area contributed by atoms with E-state index >= 15 is 0 Å². The van der Waals surface area contributed by atoms with Crippen molar-refractivity contribution in [2.75, 3.05) is 17.4 Å². The summed E-state index contributed by atoms with van der Waals surface area (Å²) in [4.78, 5) is 27.5. The predicted octanol–water partition coefficient (Wildman–Crippen LogP) is 4.88. The van der Waals surface area contributed by atoms with Crippen LogP contribution in [0.3, 0.4) is 0 Å². The van der Waals surface area contributed by atoms with E-state index in [-0.39, 0.29) is 22.2 Å². The molecule has 37 heavy (non-hydrogen) atoms. The lowest BCUT2D eigenvalue weighted by molar-refractivity contribution is -0.139. The van der Waals surface area contributed by atoms with E-state index in [0.717, 1.165) is 28.6 Å². The summed E-state index contributed by atoms with van der Waals surface area (Å²) in [6.45, 7) is 3.04. The number of sulfonamides is 1. The Morgan fingerprint density at radius 2 is 1.62 bits per heavy atom. The second kappa shape index (κ2) is 12.4. The Morgan fingerprint density at radius 3 is 2.22 bits per heavy atom. The van der Waals surface area contributed by atoms with Crippen molar-refractivity contribution in [2.45, 2.75) is 31.3 Å². The Morgan fingerprint density at radius 1 is 0.973 bits per heavy atom. The maximum absolute atomic E-state index is 13.7. The topological polar surface area (TPSA) is 86.8 Å². The van der Waals surface area contributed by atoms with Gasteiger partial charge in [0.2, 0.25) is 11.8 Å². The maximum atomic E-state index is 13.7. The summed E-state index contributed by atoms with van der Waals surface area (Å²) in [5.41, 5.74) is 0.840. The van der Waals surface area contributed by atoms with Gasteiger partial charge in [0.1, 0.15) is 18.4 Å². The zero-order chi connectivity index (χ0) is 27.2. The molecule has 196 valence electrons. The molecule has 1 atom stereocenters. The van der Waals surface area contributed by atoms with Crippen LogP contribution in [0.25, 0.3) is 0 Å². The molecule has 1 N–H and O–H groups in total. The Kier molecular flexibility index (Phi) is 9.53. The minimum Gasteiger partial charge on any atom is -0.355 e. The van der Waals surface area contributed by atoms with Crippen LogP contribution in [0.5, 0.6) is 0 Å². The lowest BCUT2D eigenvalue weighted by Crippen LogP contribution is -2.51. The molecule has 2 amide bonds. The van der Waals surface area contributed by atoms with Gasteiger partial charge in [-0.2, -0.15) is 0 Å². The SMILES string of the molecule is CCNC(=O)C(C)N(Cc1ccc(Cl)c(Cl)c1)C(=O)CN(c1ccccc1)S(=O)(=O)c1ccc(F)cc1. The average molecular weight is 566 g/mol. The van der Waals surface area contributed by atoms with Crippen LogP contribution in [0.15, 0.2) is 77.7 Å². The number of anilines is 1. The van der Waals surface area contributed by atoms with E-state index in [2.05, 4.69) is 5.32 Å². The fraction of sp³-hybridized carbons (Fsp3) is 0.231. The van der Waals surface area contributed by atoms with Gasteiger partial charge in [0.05, 0.1) is 20.6 Å². The van der Waals surface area contributed by atoms with E-state index in [1.807, 2.05) is 0 Å². The number of nitrogens with zero attached hydrogens (tertiary/aromatic N) is 2. The maximum Gasteiger partial charge on any atom is 0.264 e. The molecular formula is C26H26Cl2FN3O4S. The van der Waals surface area contributed by atoms with Gasteiger partial charge < -0.3 is 10.2 Å². The second-order valence-electron chi connectivity index (χ2n) is 8.14. The van der Waals surface area contributed by atoms with Gasteiger partial charge in [-0.1, -0.05) is 47.5 Å². The molecule has 0 aromatic heterocycles. The highest BCUT2D eigenvalue weighted by atomic mass is 35.5. The first-order valence-corrected chi connectivity index (χ1v) is 13.6. The van der Waals surface area contributed by atoms with E-state index in [9.17, 15) is 22.4 Å². The second-order valence-corrected chi connectivity index (χ2v) is 10.8. The Labute approximate surface area is 225 Å². The normalized spacial score (nSPS) is 12.0. The molecule has 3 aromatic carbocycles. The number of carbonyl (C=O) groups excluding carboxylic acids is 2. The Balaban J connectivity index is 2.01. The number of hydrogen-bond acceptors (Lipinski definition) is 4. The summed E-state index contributed by atoms with van der Waals surface area (Å²) in [6, 6.07) is 16.3. The van der Waals surface area contributed by atoms with Crippen LogP contribution < -0.4 is 9.62 Å². The minimum atomic E-state index is -4.26. The predicted molar refractivity (Wildman–Crippen MR) is 143 cm³/mol. The van der Waals surface area contributed by atoms with Gasteiger partial charge in [-0.25, -0.2) is 12.8 Å². The third-order valence-corrected chi connectivity index (χ3v) is 8.11. The molecule has 0 aliphatic carbocycles. The van der Waals surface area contributed by atoms with Gasteiger partial charge >= 0.3 is 0 Å². The standard InChI is InChI=1S/C26H26Cl2FN3O4S/c1-3-30-26(34)18(2)31(16-19-9-14-23(27)24(28)15-19)25(33)17-32(21-7-5-4-6-8-21)37(35,36)22-12-10-20(29)11-13-22/h4-15,18H,3,16-17H2,1-2H3,(H,30,34). The molecule has 0 saturated carbocycles. The molecule has 1 unspecified atom stereocenters. The average Bonchev–Trinajstić information content (AvgIpc) is 2.88. The van der Waals surface area contributed by atoms with Crippen molar-refractivity contribution in [1.82, 2.24) is 10.2 Å². The molecular weight excluding hydrogens is 540 g/mol. The zero-order valence-corrected chi connectivity index (χ0v) is 22.5. The van der Waals surface area contributed by atoms with Crippen LogP contribution in [0.1, 0.15) is 19.4 Å². The largest absolute Gasteiger partial charge is 0.355 e. The van der Waals surface area contributed by atoms with Crippen molar-refractivity contribution in [3.05, 3.63) is 94.2 Å². The molecule has 0 radical (unpaired) electrons. The van der Waals surface area contributed by atoms with E-state index in [1.165, 1.54) is 4.90 Å². The van der Waals surface area contributed by atoms with E-state index in [0.29, 0.717) is 17.1 Å². The third-order valence-electron chi connectivity index (χ3n) is 5.58. The minimum absolute atomic E-state index is 0.0206. The Hall–Kier alpha value is -3.14. The molecule has 11 heteroatoms. The summed E-state index contributed by atoms with van der Waals surface area (Å²) in [5.74, 6) is -1.62. The lowest BCUT2D eigenvalue weighted by Gasteiger charge is -2.32.